The molecule has 3 aliphatic rings. The van der Waals surface area contributed by atoms with Crippen LogP contribution in [0.1, 0.15) is 36.6 Å². The summed E-state index contributed by atoms with van der Waals surface area (Å²) in [6.07, 6.45) is 8.62. The van der Waals surface area contributed by atoms with Gasteiger partial charge in [-0.25, -0.2) is 6.57 Å². The highest BCUT2D eigenvalue weighted by Crippen LogP contribution is 2.36. The average molecular weight is 595 g/mol. The standard InChI is InChI=1S/C34H42N8O2/c1-6-31(43)42-15-14-41(21-27(42)19-35-4)33-28-12-13-40(30-20-36-18-26-9-7-8-23(2)32(26)30)22-29(28)37-34(38-33)44-17-16-39(5)24(3)25-10-11-25/h6-9,18,20,24-25,27H,1,10-17,19,21-22H2,2-3,5H3/t24-,27+/m1/s1. The van der Waals surface area contributed by atoms with Crippen LogP contribution < -0.4 is 14.5 Å². The van der Waals surface area contributed by atoms with Gasteiger partial charge in [0.25, 0.3) is 0 Å². The maximum atomic E-state index is 12.6. The molecule has 2 fully saturated rings. The van der Waals surface area contributed by atoms with Crippen molar-refractivity contribution < 1.29 is 9.53 Å². The summed E-state index contributed by atoms with van der Waals surface area (Å²) in [6, 6.07) is 7.02. The first-order chi connectivity index (χ1) is 21.4. The van der Waals surface area contributed by atoms with Gasteiger partial charge in [0.15, 0.2) is 0 Å². The van der Waals surface area contributed by atoms with Crippen molar-refractivity contribution in [3.63, 3.8) is 0 Å². The first-order valence-electron chi connectivity index (χ1n) is 15.7. The van der Waals surface area contributed by atoms with Gasteiger partial charge in [-0.2, -0.15) is 9.97 Å². The summed E-state index contributed by atoms with van der Waals surface area (Å²) < 4.78 is 6.26. The van der Waals surface area contributed by atoms with Crippen molar-refractivity contribution in [3.05, 3.63) is 71.5 Å². The zero-order chi connectivity index (χ0) is 30.8. The molecule has 4 heterocycles. The van der Waals surface area contributed by atoms with Crippen molar-refractivity contribution in [2.24, 2.45) is 5.92 Å². The minimum Gasteiger partial charge on any atom is -0.462 e. The summed E-state index contributed by atoms with van der Waals surface area (Å²) in [7, 11) is 2.16. The molecule has 1 amide bonds. The van der Waals surface area contributed by atoms with Crippen LogP contribution in [0.15, 0.2) is 43.2 Å². The molecule has 230 valence electrons. The number of anilines is 2. The molecule has 1 aromatic carbocycles. The topological polar surface area (TPSA) is 82.3 Å². The lowest BCUT2D eigenvalue weighted by molar-refractivity contribution is -0.128. The molecule has 2 aromatic heterocycles. The van der Waals surface area contributed by atoms with Gasteiger partial charge in [-0.1, -0.05) is 24.8 Å². The fourth-order valence-corrected chi connectivity index (χ4v) is 6.70. The zero-order valence-electron chi connectivity index (χ0n) is 26.1. The number of pyridine rings is 1. The number of benzene rings is 1. The predicted molar refractivity (Wildman–Crippen MR) is 173 cm³/mol. The minimum absolute atomic E-state index is 0.133. The minimum atomic E-state index is -0.232. The summed E-state index contributed by atoms with van der Waals surface area (Å²) in [6.45, 7) is 20.2. The second-order valence-corrected chi connectivity index (χ2v) is 12.3. The molecule has 6 rings (SSSR count). The number of aryl methyl sites for hydroxylation is 1. The zero-order valence-corrected chi connectivity index (χ0v) is 26.1. The highest BCUT2D eigenvalue weighted by molar-refractivity contribution is 5.96. The van der Waals surface area contributed by atoms with E-state index in [1.165, 1.54) is 29.9 Å². The van der Waals surface area contributed by atoms with Gasteiger partial charge in [0.05, 0.1) is 24.1 Å². The van der Waals surface area contributed by atoms with Gasteiger partial charge >= 0.3 is 6.01 Å². The van der Waals surface area contributed by atoms with Gasteiger partial charge in [-0.05, 0) is 57.7 Å². The summed E-state index contributed by atoms with van der Waals surface area (Å²) in [5.74, 6) is 1.52. The Kier molecular flexibility index (Phi) is 8.67. The quantitative estimate of drug-likeness (QED) is 0.256. The molecule has 3 aromatic rings. The number of hydrogen-bond donors (Lipinski definition) is 0. The lowest BCUT2D eigenvalue weighted by Gasteiger charge is -2.41. The van der Waals surface area contributed by atoms with E-state index < -0.39 is 0 Å². The van der Waals surface area contributed by atoms with Crippen LogP contribution in [0, 0.1) is 19.4 Å². The summed E-state index contributed by atoms with van der Waals surface area (Å²) in [5.41, 5.74) is 4.40. The Hall–Kier alpha value is -4.23. The Bertz CT molecular complexity index is 1580. The maximum Gasteiger partial charge on any atom is 0.318 e. The number of amides is 1. The molecule has 0 N–H and O–H groups in total. The number of fused-ring (bicyclic) bond motifs is 2. The van der Waals surface area contributed by atoms with E-state index in [2.05, 4.69) is 70.2 Å². The van der Waals surface area contributed by atoms with Gasteiger partial charge in [-0.15, -0.1) is 0 Å². The molecule has 10 nitrogen and oxygen atoms in total. The lowest BCUT2D eigenvalue weighted by Crippen LogP contribution is -2.56. The molecule has 1 aliphatic carbocycles. The Morgan fingerprint density at radius 3 is 2.84 bits per heavy atom. The van der Waals surface area contributed by atoms with Crippen LogP contribution in [0.5, 0.6) is 6.01 Å². The second kappa shape index (κ2) is 12.8. The number of rotatable bonds is 10. The third-order valence-corrected chi connectivity index (χ3v) is 9.55. The van der Waals surface area contributed by atoms with Crippen molar-refractivity contribution >= 4 is 28.2 Å². The lowest BCUT2D eigenvalue weighted by atomic mass is 10.0. The molecule has 0 radical (unpaired) electrons. The van der Waals surface area contributed by atoms with Crippen molar-refractivity contribution in [1.29, 1.82) is 0 Å². The summed E-state index contributed by atoms with van der Waals surface area (Å²) >= 11 is 0. The van der Waals surface area contributed by atoms with E-state index in [0.717, 1.165) is 53.6 Å². The van der Waals surface area contributed by atoms with Gasteiger partial charge < -0.3 is 29.2 Å². The Labute approximate surface area is 260 Å². The molecule has 0 bridgehead atoms. The molecule has 0 unspecified atom stereocenters. The fraction of sp³-hybridized carbons (Fsp3) is 0.500. The van der Waals surface area contributed by atoms with E-state index in [-0.39, 0.29) is 18.5 Å². The number of likely N-dealkylation sites (N-methyl/N-ethyl adjacent to an activating group) is 1. The first-order valence-corrected chi connectivity index (χ1v) is 15.7. The van der Waals surface area contributed by atoms with Crippen molar-refractivity contribution in [3.8, 4) is 6.01 Å². The predicted octanol–water partition coefficient (Wildman–Crippen LogP) is 4.13. The number of carbonyl (C=O) groups excluding carboxylic acids is 1. The number of nitrogens with zero attached hydrogens (tertiary/aromatic N) is 8. The smallest absolute Gasteiger partial charge is 0.318 e. The van der Waals surface area contributed by atoms with Gasteiger partial charge in [-0.3, -0.25) is 9.78 Å². The van der Waals surface area contributed by atoms with E-state index in [0.29, 0.717) is 44.8 Å². The van der Waals surface area contributed by atoms with Crippen LogP contribution in [0.3, 0.4) is 0 Å². The van der Waals surface area contributed by atoms with Crippen molar-refractivity contribution in [2.75, 3.05) is 62.7 Å². The molecule has 0 spiro atoms. The van der Waals surface area contributed by atoms with Crippen LogP contribution >= 0.6 is 0 Å². The second-order valence-electron chi connectivity index (χ2n) is 12.3. The number of carbonyl (C=O) groups is 1. The van der Waals surface area contributed by atoms with Gasteiger partial charge in [0, 0.05) is 61.3 Å². The molecule has 2 atom stereocenters. The molecular weight excluding hydrogens is 552 g/mol. The van der Waals surface area contributed by atoms with Crippen LogP contribution in [0.25, 0.3) is 15.6 Å². The highest BCUT2D eigenvalue weighted by Gasteiger charge is 2.35. The van der Waals surface area contributed by atoms with Gasteiger partial charge in [0.1, 0.15) is 18.5 Å². The normalized spacial score (nSPS) is 19.1. The summed E-state index contributed by atoms with van der Waals surface area (Å²) in [5, 5.41) is 2.34. The molecule has 44 heavy (non-hydrogen) atoms. The fourth-order valence-electron chi connectivity index (χ4n) is 6.70. The number of hydrogen-bond acceptors (Lipinski definition) is 8. The highest BCUT2D eigenvalue weighted by atomic mass is 16.5. The largest absolute Gasteiger partial charge is 0.462 e. The Morgan fingerprint density at radius 1 is 1.23 bits per heavy atom. The Balaban J connectivity index is 1.30. The van der Waals surface area contributed by atoms with Crippen LogP contribution in [0.4, 0.5) is 11.5 Å². The number of piperazine rings is 1. The molecule has 1 saturated carbocycles. The van der Waals surface area contributed by atoms with E-state index in [1.54, 1.807) is 4.90 Å². The maximum absolute atomic E-state index is 12.6. The van der Waals surface area contributed by atoms with Crippen LogP contribution in [-0.2, 0) is 17.8 Å². The van der Waals surface area contributed by atoms with E-state index in [4.69, 9.17) is 21.3 Å². The molecule has 1 saturated heterocycles. The van der Waals surface area contributed by atoms with Gasteiger partial charge in [0.2, 0.25) is 12.5 Å². The van der Waals surface area contributed by atoms with Crippen LogP contribution in [0.2, 0.25) is 0 Å². The molecular formula is C34H42N8O2. The third-order valence-electron chi connectivity index (χ3n) is 9.55. The van der Waals surface area contributed by atoms with E-state index in [1.807, 2.05) is 12.4 Å². The van der Waals surface area contributed by atoms with Crippen molar-refractivity contribution in [2.45, 2.75) is 51.7 Å². The van der Waals surface area contributed by atoms with Crippen LogP contribution in [-0.4, -0.2) is 95.7 Å². The van der Waals surface area contributed by atoms with Crippen molar-refractivity contribution in [1.82, 2.24) is 24.8 Å². The monoisotopic (exact) mass is 594 g/mol. The third kappa shape index (κ3) is 6.06. The SMILES string of the molecule is [C-]#[N+]C[C@H]1CN(c2nc(OCCN(C)[C@H](C)C3CC3)nc3c2CCN(c2cncc4cccc(C)c24)C3)CCN1C(=O)C=C. The Morgan fingerprint density at radius 2 is 2.07 bits per heavy atom. The molecule has 10 heteroatoms. The van der Waals surface area contributed by atoms with E-state index >= 15 is 0 Å². The average Bonchev–Trinajstić information content (AvgIpc) is 3.89. The van der Waals surface area contributed by atoms with E-state index in [9.17, 15) is 4.79 Å². The number of ether oxygens (including phenoxy) is 1. The number of aromatic nitrogens is 3. The summed E-state index contributed by atoms with van der Waals surface area (Å²) in [4.78, 5) is 39.4. The molecule has 2 aliphatic heterocycles. The first kappa shape index (κ1) is 29.8.